The van der Waals surface area contributed by atoms with E-state index in [2.05, 4.69) is 10.0 Å². The van der Waals surface area contributed by atoms with Gasteiger partial charge in [-0.1, -0.05) is 32.0 Å². The second-order valence-electron chi connectivity index (χ2n) is 5.37. The molecule has 0 aliphatic carbocycles. The summed E-state index contributed by atoms with van der Waals surface area (Å²) in [6.07, 6.45) is 0. The molecule has 124 valence electrons. The van der Waals surface area contributed by atoms with Gasteiger partial charge in [0.15, 0.2) is 11.6 Å². The Kier molecular flexibility index (Phi) is 5.33. The minimum Gasteiger partial charge on any atom is -0.310 e. The van der Waals surface area contributed by atoms with Crippen LogP contribution in [0.4, 0.5) is 14.5 Å². The molecule has 0 fully saturated rings. The number of sulfonamides is 1. The molecule has 0 amide bonds. The van der Waals surface area contributed by atoms with E-state index in [0.29, 0.717) is 18.3 Å². The van der Waals surface area contributed by atoms with Crippen LogP contribution in [-0.4, -0.2) is 14.5 Å². The maximum absolute atomic E-state index is 13.3. The van der Waals surface area contributed by atoms with E-state index in [-0.39, 0.29) is 10.9 Å². The van der Waals surface area contributed by atoms with Gasteiger partial charge in [0.25, 0.3) is 10.0 Å². The van der Waals surface area contributed by atoms with Crippen LogP contribution in [0, 0.1) is 11.6 Å². The zero-order chi connectivity index (χ0) is 17.0. The van der Waals surface area contributed by atoms with Crippen LogP contribution in [0.2, 0.25) is 0 Å². The van der Waals surface area contributed by atoms with Gasteiger partial charge in [0, 0.05) is 12.6 Å². The van der Waals surface area contributed by atoms with Gasteiger partial charge in [0.2, 0.25) is 0 Å². The molecule has 2 aromatic rings. The van der Waals surface area contributed by atoms with Crippen molar-refractivity contribution in [3.8, 4) is 0 Å². The van der Waals surface area contributed by atoms with Crippen LogP contribution in [-0.2, 0) is 16.6 Å². The Morgan fingerprint density at radius 2 is 1.74 bits per heavy atom. The number of benzene rings is 2. The second kappa shape index (κ2) is 7.06. The molecule has 23 heavy (non-hydrogen) atoms. The maximum atomic E-state index is 13.3. The van der Waals surface area contributed by atoms with Gasteiger partial charge >= 0.3 is 0 Å². The minimum atomic E-state index is -4.00. The Labute approximate surface area is 134 Å². The van der Waals surface area contributed by atoms with Crippen molar-refractivity contribution in [3.05, 3.63) is 59.7 Å². The van der Waals surface area contributed by atoms with E-state index in [4.69, 9.17) is 0 Å². The first-order chi connectivity index (χ1) is 10.8. The number of para-hydroxylation sites is 1. The summed E-state index contributed by atoms with van der Waals surface area (Å²) in [6.45, 7) is 4.44. The van der Waals surface area contributed by atoms with Crippen molar-refractivity contribution in [3.63, 3.8) is 0 Å². The molecule has 0 spiro atoms. The fourth-order valence-electron chi connectivity index (χ4n) is 1.94. The molecule has 0 aliphatic heterocycles. The summed E-state index contributed by atoms with van der Waals surface area (Å²) in [5.41, 5.74) is 1.15. The summed E-state index contributed by atoms with van der Waals surface area (Å²) in [4.78, 5) is -0.331. The van der Waals surface area contributed by atoms with Crippen LogP contribution in [0.1, 0.15) is 19.4 Å². The van der Waals surface area contributed by atoms with Gasteiger partial charge in [-0.2, -0.15) is 0 Å². The van der Waals surface area contributed by atoms with E-state index < -0.39 is 21.7 Å². The van der Waals surface area contributed by atoms with Gasteiger partial charge in [-0.15, -0.1) is 0 Å². The zero-order valence-corrected chi connectivity index (χ0v) is 13.6. The van der Waals surface area contributed by atoms with Gasteiger partial charge in [-0.05, 0) is 29.8 Å². The molecule has 0 heterocycles. The average Bonchev–Trinajstić information content (AvgIpc) is 2.48. The lowest BCUT2D eigenvalue weighted by molar-refractivity contribution is 0.504. The van der Waals surface area contributed by atoms with E-state index >= 15 is 0 Å². The molecule has 0 atom stereocenters. The number of halogens is 2. The topological polar surface area (TPSA) is 58.2 Å². The monoisotopic (exact) mass is 340 g/mol. The van der Waals surface area contributed by atoms with Crippen molar-refractivity contribution in [1.82, 2.24) is 5.32 Å². The summed E-state index contributed by atoms with van der Waals surface area (Å²) < 4.78 is 53.3. The Hall–Kier alpha value is -1.99. The van der Waals surface area contributed by atoms with Gasteiger partial charge in [0.1, 0.15) is 0 Å². The summed E-state index contributed by atoms with van der Waals surface area (Å²) in [5.74, 6) is -2.30. The average molecular weight is 340 g/mol. The Balaban J connectivity index is 2.28. The second-order valence-corrected chi connectivity index (χ2v) is 7.06. The fourth-order valence-corrected chi connectivity index (χ4v) is 3.05. The quantitative estimate of drug-likeness (QED) is 0.848. The predicted octanol–water partition coefficient (Wildman–Crippen LogP) is 3.26. The lowest BCUT2D eigenvalue weighted by Gasteiger charge is -2.14. The highest BCUT2D eigenvalue weighted by Gasteiger charge is 2.18. The van der Waals surface area contributed by atoms with Crippen LogP contribution in [0.25, 0.3) is 0 Å². The van der Waals surface area contributed by atoms with Crippen molar-refractivity contribution < 1.29 is 17.2 Å². The van der Waals surface area contributed by atoms with E-state index in [9.17, 15) is 17.2 Å². The summed E-state index contributed by atoms with van der Waals surface area (Å²) in [5, 5.41) is 3.20. The summed E-state index contributed by atoms with van der Waals surface area (Å²) >= 11 is 0. The van der Waals surface area contributed by atoms with Gasteiger partial charge in [0.05, 0.1) is 10.6 Å². The van der Waals surface area contributed by atoms with E-state index in [1.165, 1.54) is 0 Å². The van der Waals surface area contributed by atoms with Gasteiger partial charge in [-0.3, -0.25) is 4.72 Å². The van der Waals surface area contributed by atoms with Crippen LogP contribution >= 0.6 is 0 Å². The third-order valence-electron chi connectivity index (χ3n) is 3.16. The maximum Gasteiger partial charge on any atom is 0.262 e. The van der Waals surface area contributed by atoms with Gasteiger partial charge < -0.3 is 5.32 Å². The Bertz CT molecular complexity index is 792. The highest BCUT2D eigenvalue weighted by atomic mass is 32.2. The molecule has 2 rings (SSSR count). The third-order valence-corrected chi connectivity index (χ3v) is 4.53. The summed E-state index contributed by atoms with van der Waals surface area (Å²) in [6, 6.07) is 9.62. The molecule has 0 aromatic heterocycles. The highest BCUT2D eigenvalue weighted by molar-refractivity contribution is 7.92. The predicted molar refractivity (Wildman–Crippen MR) is 85.6 cm³/mol. The normalized spacial score (nSPS) is 11.7. The van der Waals surface area contributed by atoms with Crippen molar-refractivity contribution in [2.24, 2.45) is 0 Å². The molecule has 0 radical (unpaired) electrons. The largest absolute Gasteiger partial charge is 0.310 e. The van der Waals surface area contributed by atoms with Crippen molar-refractivity contribution in [1.29, 1.82) is 0 Å². The molecule has 0 bridgehead atoms. The smallest absolute Gasteiger partial charge is 0.262 e. The number of anilines is 1. The summed E-state index contributed by atoms with van der Waals surface area (Å²) in [7, 11) is -4.00. The molecular weight excluding hydrogens is 322 g/mol. The first-order valence-electron chi connectivity index (χ1n) is 7.09. The number of rotatable bonds is 6. The number of hydrogen-bond acceptors (Lipinski definition) is 3. The molecule has 0 aliphatic rings. The minimum absolute atomic E-state index is 0.242. The molecular formula is C16H18F2N2O2S. The van der Waals surface area contributed by atoms with E-state index in [1.54, 1.807) is 24.3 Å². The third kappa shape index (κ3) is 4.49. The van der Waals surface area contributed by atoms with Crippen LogP contribution in [0.3, 0.4) is 0 Å². The van der Waals surface area contributed by atoms with Crippen molar-refractivity contribution in [2.75, 3.05) is 4.72 Å². The number of nitrogens with one attached hydrogen (secondary N) is 2. The van der Waals surface area contributed by atoms with Crippen molar-refractivity contribution >= 4 is 15.7 Å². The van der Waals surface area contributed by atoms with Gasteiger partial charge in [-0.25, -0.2) is 17.2 Å². The Morgan fingerprint density at radius 1 is 1.04 bits per heavy atom. The molecule has 2 aromatic carbocycles. The molecule has 0 saturated heterocycles. The van der Waals surface area contributed by atoms with E-state index in [1.807, 2.05) is 13.8 Å². The molecule has 4 nitrogen and oxygen atoms in total. The first kappa shape index (κ1) is 17.4. The fraction of sp³-hybridized carbons (Fsp3) is 0.250. The lowest BCUT2D eigenvalue weighted by Crippen LogP contribution is -2.23. The van der Waals surface area contributed by atoms with Crippen LogP contribution < -0.4 is 10.0 Å². The first-order valence-corrected chi connectivity index (χ1v) is 8.57. The van der Waals surface area contributed by atoms with E-state index in [0.717, 1.165) is 17.7 Å². The zero-order valence-electron chi connectivity index (χ0n) is 12.8. The molecule has 0 saturated carbocycles. The molecule has 7 heteroatoms. The Morgan fingerprint density at radius 3 is 2.39 bits per heavy atom. The highest BCUT2D eigenvalue weighted by Crippen LogP contribution is 2.21. The lowest BCUT2D eigenvalue weighted by atomic mass is 10.2. The SMILES string of the molecule is CC(C)NCc1ccccc1NS(=O)(=O)c1ccc(F)c(F)c1. The van der Waals surface area contributed by atoms with Crippen molar-refractivity contribution in [2.45, 2.75) is 31.3 Å². The number of hydrogen-bond donors (Lipinski definition) is 2. The van der Waals surface area contributed by atoms with Crippen LogP contribution in [0.15, 0.2) is 47.4 Å². The van der Waals surface area contributed by atoms with Crippen LogP contribution in [0.5, 0.6) is 0 Å². The molecule has 0 unspecified atom stereocenters. The molecule has 2 N–H and O–H groups in total. The standard InChI is InChI=1S/C16H18F2N2O2S/c1-11(2)19-10-12-5-3-4-6-16(12)20-23(21,22)13-7-8-14(17)15(18)9-13/h3-9,11,19-20H,10H2,1-2H3.